The van der Waals surface area contributed by atoms with Gasteiger partial charge in [0.2, 0.25) is 0 Å². The highest BCUT2D eigenvalue weighted by Crippen LogP contribution is 2.30. The Bertz CT molecular complexity index is 223. The Morgan fingerprint density at radius 3 is 3.00 bits per heavy atom. The number of aromatic nitrogens is 2. The Labute approximate surface area is 60.9 Å². The molecule has 0 radical (unpaired) electrons. The summed E-state index contributed by atoms with van der Waals surface area (Å²) in [5, 5.41) is 4.21. The summed E-state index contributed by atoms with van der Waals surface area (Å²) < 4.78 is 2.05. The molecule has 0 aliphatic heterocycles. The summed E-state index contributed by atoms with van der Waals surface area (Å²) in [6.45, 7) is 3.21. The molecule has 0 saturated heterocycles. The summed E-state index contributed by atoms with van der Waals surface area (Å²) in [7, 11) is 0. The standard InChI is InChI=1S/C8H12N2/c1-7-4-9-10(5-7)6-8-2-3-8/h4-5,8H,2-3,6H2,1H3. The molecule has 1 saturated carbocycles. The summed E-state index contributed by atoms with van der Waals surface area (Å²) >= 11 is 0. The number of hydrogen-bond acceptors (Lipinski definition) is 1. The topological polar surface area (TPSA) is 17.8 Å². The molecule has 1 aromatic heterocycles. The second-order valence-electron chi connectivity index (χ2n) is 3.18. The third-order valence-electron chi connectivity index (χ3n) is 1.90. The van der Waals surface area contributed by atoms with Crippen LogP contribution in [0.1, 0.15) is 18.4 Å². The van der Waals surface area contributed by atoms with Crippen molar-refractivity contribution in [1.29, 1.82) is 0 Å². The van der Waals surface area contributed by atoms with Gasteiger partial charge in [0, 0.05) is 12.7 Å². The molecule has 2 nitrogen and oxygen atoms in total. The fourth-order valence-electron chi connectivity index (χ4n) is 1.13. The van der Waals surface area contributed by atoms with Gasteiger partial charge in [-0.3, -0.25) is 4.68 Å². The van der Waals surface area contributed by atoms with E-state index in [1.807, 2.05) is 10.9 Å². The third kappa shape index (κ3) is 1.20. The van der Waals surface area contributed by atoms with Crippen LogP contribution in [-0.2, 0) is 6.54 Å². The van der Waals surface area contributed by atoms with Gasteiger partial charge in [-0.15, -0.1) is 0 Å². The van der Waals surface area contributed by atoms with Gasteiger partial charge in [-0.05, 0) is 31.2 Å². The maximum Gasteiger partial charge on any atom is 0.0518 e. The number of hydrogen-bond donors (Lipinski definition) is 0. The quantitative estimate of drug-likeness (QED) is 0.604. The molecule has 1 fully saturated rings. The van der Waals surface area contributed by atoms with Crippen LogP contribution >= 0.6 is 0 Å². The first-order chi connectivity index (χ1) is 4.84. The maximum atomic E-state index is 4.21. The molecule has 1 aliphatic rings. The molecule has 0 spiro atoms. The fourth-order valence-corrected chi connectivity index (χ4v) is 1.13. The maximum absolute atomic E-state index is 4.21. The van der Waals surface area contributed by atoms with Crippen molar-refractivity contribution in [2.45, 2.75) is 26.3 Å². The predicted molar refractivity (Wildman–Crippen MR) is 39.7 cm³/mol. The lowest BCUT2D eigenvalue weighted by atomic mass is 10.4. The van der Waals surface area contributed by atoms with Crippen LogP contribution in [0.5, 0.6) is 0 Å². The molecular weight excluding hydrogens is 124 g/mol. The second-order valence-corrected chi connectivity index (χ2v) is 3.18. The van der Waals surface area contributed by atoms with Gasteiger partial charge in [0.1, 0.15) is 0 Å². The highest BCUT2D eigenvalue weighted by molar-refractivity contribution is 4.99. The average Bonchev–Trinajstić information content (AvgIpc) is 2.59. The Hall–Kier alpha value is -0.790. The van der Waals surface area contributed by atoms with Crippen LogP contribution in [0.2, 0.25) is 0 Å². The zero-order valence-corrected chi connectivity index (χ0v) is 6.25. The van der Waals surface area contributed by atoms with Gasteiger partial charge in [0.05, 0.1) is 6.20 Å². The van der Waals surface area contributed by atoms with Crippen LogP contribution in [0.4, 0.5) is 0 Å². The van der Waals surface area contributed by atoms with Crippen LogP contribution in [-0.4, -0.2) is 9.78 Å². The van der Waals surface area contributed by atoms with Gasteiger partial charge < -0.3 is 0 Å². The normalized spacial score (nSPS) is 17.7. The van der Waals surface area contributed by atoms with Gasteiger partial charge in [-0.25, -0.2) is 0 Å². The van der Waals surface area contributed by atoms with Crippen molar-refractivity contribution in [3.8, 4) is 0 Å². The molecule has 1 heterocycles. The van der Waals surface area contributed by atoms with Crippen molar-refractivity contribution >= 4 is 0 Å². The zero-order valence-electron chi connectivity index (χ0n) is 6.25. The smallest absolute Gasteiger partial charge is 0.0518 e. The SMILES string of the molecule is Cc1cnn(CC2CC2)c1. The van der Waals surface area contributed by atoms with E-state index in [1.54, 1.807) is 0 Å². The molecule has 2 rings (SSSR count). The van der Waals surface area contributed by atoms with Crippen LogP contribution in [0.25, 0.3) is 0 Å². The molecule has 0 unspecified atom stereocenters. The molecule has 54 valence electrons. The summed E-state index contributed by atoms with van der Waals surface area (Å²) in [6, 6.07) is 0. The molecule has 0 N–H and O–H groups in total. The lowest BCUT2D eigenvalue weighted by molar-refractivity contribution is 0.563. The van der Waals surface area contributed by atoms with Crippen molar-refractivity contribution < 1.29 is 0 Å². The van der Waals surface area contributed by atoms with Gasteiger partial charge >= 0.3 is 0 Å². The predicted octanol–water partition coefficient (Wildman–Crippen LogP) is 1.60. The first-order valence-electron chi connectivity index (χ1n) is 3.83. The van der Waals surface area contributed by atoms with Crippen LogP contribution in [0.3, 0.4) is 0 Å². The monoisotopic (exact) mass is 136 g/mol. The molecule has 0 aromatic carbocycles. The fraction of sp³-hybridized carbons (Fsp3) is 0.625. The van der Waals surface area contributed by atoms with Gasteiger partial charge in [-0.1, -0.05) is 0 Å². The van der Waals surface area contributed by atoms with Crippen molar-refractivity contribution in [2.24, 2.45) is 5.92 Å². The molecule has 1 aliphatic carbocycles. The van der Waals surface area contributed by atoms with E-state index in [2.05, 4.69) is 18.2 Å². The minimum Gasteiger partial charge on any atom is -0.272 e. The van der Waals surface area contributed by atoms with Crippen molar-refractivity contribution in [1.82, 2.24) is 9.78 Å². The lowest BCUT2D eigenvalue weighted by Gasteiger charge is -1.95. The second kappa shape index (κ2) is 2.11. The summed E-state index contributed by atoms with van der Waals surface area (Å²) in [4.78, 5) is 0. The minimum absolute atomic E-state index is 0.930. The van der Waals surface area contributed by atoms with E-state index < -0.39 is 0 Å². The van der Waals surface area contributed by atoms with Crippen molar-refractivity contribution in [3.05, 3.63) is 18.0 Å². The van der Waals surface area contributed by atoms with E-state index in [0.717, 1.165) is 12.5 Å². The first kappa shape index (κ1) is 5.96. The lowest BCUT2D eigenvalue weighted by Crippen LogP contribution is -1.98. The summed E-state index contributed by atoms with van der Waals surface area (Å²) in [5.41, 5.74) is 1.26. The minimum atomic E-state index is 0.930. The Morgan fingerprint density at radius 2 is 2.50 bits per heavy atom. The van der Waals surface area contributed by atoms with E-state index in [4.69, 9.17) is 0 Å². The third-order valence-corrected chi connectivity index (χ3v) is 1.90. The van der Waals surface area contributed by atoms with E-state index in [9.17, 15) is 0 Å². The van der Waals surface area contributed by atoms with Crippen LogP contribution in [0.15, 0.2) is 12.4 Å². The molecule has 2 heteroatoms. The van der Waals surface area contributed by atoms with Crippen LogP contribution in [0, 0.1) is 12.8 Å². The van der Waals surface area contributed by atoms with E-state index in [0.29, 0.717) is 0 Å². The van der Waals surface area contributed by atoms with E-state index in [-0.39, 0.29) is 0 Å². The Balaban J connectivity index is 2.03. The molecule has 0 atom stereocenters. The number of rotatable bonds is 2. The van der Waals surface area contributed by atoms with E-state index in [1.165, 1.54) is 18.4 Å². The largest absolute Gasteiger partial charge is 0.272 e. The number of aryl methyl sites for hydroxylation is 1. The van der Waals surface area contributed by atoms with Gasteiger partial charge in [0.25, 0.3) is 0 Å². The molecule has 10 heavy (non-hydrogen) atoms. The highest BCUT2D eigenvalue weighted by atomic mass is 15.3. The van der Waals surface area contributed by atoms with E-state index >= 15 is 0 Å². The van der Waals surface area contributed by atoms with Gasteiger partial charge in [-0.2, -0.15) is 5.10 Å². The molecule has 0 amide bonds. The Morgan fingerprint density at radius 1 is 1.70 bits per heavy atom. The first-order valence-corrected chi connectivity index (χ1v) is 3.83. The van der Waals surface area contributed by atoms with Gasteiger partial charge in [0.15, 0.2) is 0 Å². The van der Waals surface area contributed by atoms with Crippen LogP contribution < -0.4 is 0 Å². The molecular formula is C8H12N2. The zero-order chi connectivity index (χ0) is 6.97. The summed E-state index contributed by atoms with van der Waals surface area (Å²) in [5.74, 6) is 0.930. The molecule has 1 aromatic rings. The van der Waals surface area contributed by atoms with Crippen molar-refractivity contribution in [3.63, 3.8) is 0 Å². The summed E-state index contributed by atoms with van der Waals surface area (Å²) in [6.07, 6.45) is 6.83. The molecule has 0 bridgehead atoms. The average molecular weight is 136 g/mol. The Kier molecular flexibility index (Phi) is 1.26. The van der Waals surface area contributed by atoms with Crippen molar-refractivity contribution in [2.75, 3.05) is 0 Å². The number of nitrogens with zero attached hydrogens (tertiary/aromatic N) is 2. The highest BCUT2D eigenvalue weighted by Gasteiger charge is 2.21.